The lowest BCUT2D eigenvalue weighted by molar-refractivity contribution is 0.102. The molecule has 0 atom stereocenters. The number of hydrogen-bond acceptors (Lipinski definition) is 6. The van der Waals surface area contributed by atoms with Crippen molar-refractivity contribution in [3.05, 3.63) is 23.8 Å². The zero-order chi connectivity index (χ0) is 15.5. The van der Waals surface area contributed by atoms with Gasteiger partial charge in [-0.3, -0.25) is 14.7 Å². The van der Waals surface area contributed by atoms with Crippen LogP contribution in [0.2, 0.25) is 0 Å². The van der Waals surface area contributed by atoms with Gasteiger partial charge in [0.15, 0.2) is 5.16 Å². The lowest BCUT2D eigenvalue weighted by Crippen LogP contribution is -2.18. The van der Waals surface area contributed by atoms with E-state index < -0.39 is 0 Å². The molecule has 0 radical (unpaired) electrons. The van der Waals surface area contributed by atoms with Crippen molar-refractivity contribution < 1.29 is 14.3 Å². The molecule has 2 aromatic rings. The number of anilines is 1. The van der Waals surface area contributed by atoms with Crippen LogP contribution in [-0.4, -0.2) is 40.6 Å². The Hall–Kier alpha value is -2.22. The van der Waals surface area contributed by atoms with Gasteiger partial charge in [-0.05, 0) is 18.6 Å². The summed E-state index contributed by atoms with van der Waals surface area (Å²) < 4.78 is 12.3. The van der Waals surface area contributed by atoms with Gasteiger partial charge in [0.05, 0.1) is 19.8 Å². The number of benzene rings is 1. The molecule has 1 aromatic heterocycles. The van der Waals surface area contributed by atoms with Crippen molar-refractivity contribution in [2.45, 2.75) is 18.1 Å². The van der Waals surface area contributed by atoms with Crippen LogP contribution in [0.15, 0.2) is 23.4 Å². The molecule has 1 aromatic carbocycles. The van der Waals surface area contributed by atoms with Crippen LogP contribution in [0.1, 0.15) is 16.8 Å². The van der Waals surface area contributed by atoms with Crippen LogP contribution in [0.4, 0.5) is 5.95 Å². The fourth-order valence-electron chi connectivity index (χ4n) is 2.23. The third kappa shape index (κ3) is 2.74. The quantitative estimate of drug-likeness (QED) is 0.929. The Labute approximate surface area is 132 Å². The number of methoxy groups -OCH3 is 2. The van der Waals surface area contributed by atoms with E-state index in [1.807, 2.05) is 4.57 Å². The van der Waals surface area contributed by atoms with Crippen LogP contribution in [0.5, 0.6) is 11.5 Å². The number of ether oxygens (including phenoxy) is 2. The maximum Gasteiger partial charge on any atom is 0.261 e. The lowest BCUT2D eigenvalue weighted by atomic mass is 10.2. The minimum Gasteiger partial charge on any atom is -0.497 e. The summed E-state index contributed by atoms with van der Waals surface area (Å²) in [6, 6.07) is 5.05. The van der Waals surface area contributed by atoms with Crippen molar-refractivity contribution in [2.75, 3.05) is 25.3 Å². The van der Waals surface area contributed by atoms with Crippen molar-refractivity contribution in [3.63, 3.8) is 0 Å². The summed E-state index contributed by atoms with van der Waals surface area (Å²) in [5.74, 6) is 2.28. The minimum atomic E-state index is -0.287. The molecule has 0 fully saturated rings. The van der Waals surface area contributed by atoms with E-state index in [1.165, 1.54) is 7.11 Å². The molecule has 116 valence electrons. The third-order valence-corrected chi connectivity index (χ3v) is 4.41. The van der Waals surface area contributed by atoms with E-state index in [2.05, 4.69) is 15.5 Å². The molecule has 1 aliphatic rings. The van der Waals surface area contributed by atoms with Crippen molar-refractivity contribution in [1.29, 1.82) is 0 Å². The van der Waals surface area contributed by atoms with Gasteiger partial charge in [-0.25, -0.2) is 0 Å². The zero-order valence-electron chi connectivity index (χ0n) is 12.3. The van der Waals surface area contributed by atoms with Gasteiger partial charge in [0.1, 0.15) is 11.5 Å². The van der Waals surface area contributed by atoms with Crippen LogP contribution in [-0.2, 0) is 6.54 Å². The average molecular weight is 320 g/mol. The maximum atomic E-state index is 12.5. The highest BCUT2D eigenvalue weighted by Crippen LogP contribution is 2.28. The lowest BCUT2D eigenvalue weighted by Gasteiger charge is -2.15. The molecule has 0 bridgehead atoms. The van der Waals surface area contributed by atoms with Crippen LogP contribution >= 0.6 is 11.8 Å². The number of aromatic nitrogens is 3. The Bertz CT molecular complexity index is 701. The Morgan fingerprint density at radius 3 is 2.95 bits per heavy atom. The largest absolute Gasteiger partial charge is 0.497 e. The fraction of sp³-hybridized carbons (Fsp3) is 0.357. The molecule has 0 unspecified atom stereocenters. The molecular formula is C14H16N4O3S. The van der Waals surface area contributed by atoms with Gasteiger partial charge in [-0.2, -0.15) is 0 Å². The van der Waals surface area contributed by atoms with Gasteiger partial charge in [0, 0.05) is 18.4 Å². The average Bonchev–Trinajstić information content (AvgIpc) is 2.97. The van der Waals surface area contributed by atoms with Gasteiger partial charge in [0.25, 0.3) is 5.91 Å². The summed E-state index contributed by atoms with van der Waals surface area (Å²) in [5.41, 5.74) is 0.420. The monoisotopic (exact) mass is 320 g/mol. The molecule has 0 saturated heterocycles. The molecule has 0 aliphatic carbocycles. The summed E-state index contributed by atoms with van der Waals surface area (Å²) in [7, 11) is 3.08. The third-order valence-electron chi connectivity index (χ3n) is 3.35. The summed E-state index contributed by atoms with van der Waals surface area (Å²) >= 11 is 1.64. The molecule has 22 heavy (non-hydrogen) atoms. The van der Waals surface area contributed by atoms with Gasteiger partial charge in [0.2, 0.25) is 5.95 Å². The molecule has 2 heterocycles. The standard InChI is InChI=1S/C14H16N4O3S/c1-20-9-4-5-10(11(8-9)21-2)12(19)15-13-16-17-14-18(13)6-3-7-22-14/h4-5,8H,3,6-7H2,1-2H3,(H,15,16,19). The zero-order valence-corrected chi connectivity index (χ0v) is 13.1. The van der Waals surface area contributed by atoms with Gasteiger partial charge >= 0.3 is 0 Å². The number of rotatable bonds is 4. The van der Waals surface area contributed by atoms with E-state index in [-0.39, 0.29) is 5.91 Å². The first-order valence-corrected chi connectivity index (χ1v) is 7.81. The Morgan fingerprint density at radius 2 is 2.18 bits per heavy atom. The molecule has 0 spiro atoms. The highest BCUT2D eigenvalue weighted by Gasteiger charge is 2.20. The van der Waals surface area contributed by atoms with Crippen molar-refractivity contribution >= 4 is 23.6 Å². The number of nitrogens with one attached hydrogen (secondary N) is 1. The molecule has 1 aliphatic heterocycles. The Kier molecular flexibility index (Phi) is 4.19. The van der Waals surface area contributed by atoms with Crippen LogP contribution in [0.25, 0.3) is 0 Å². The predicted molar refractivity (Wildman–Crippen MR) is 82.9 cm³/mol. The van der Waals surface area contributed by atoms with Crippen LogP contribution in [0, 0.1) is 0 Å². The number of nitrogens with zero attached hydrogens (tertiary/aromatic N) is 3. The van der Waals surface area contributed by atoms with Crippen molar-refractivity contribution in [2.24, 2.45) is 0 Å². The summed E-state index contributed by atoms with van der Waals surface area (Å²) in [6.45, 7) is 0.810. The Balaban J connectivity index is 1.84. The number of amides is 1. The summed E-state index contributed by atoms with van der Waals surface area (Å²) in [6.07, 6.45) is 1.03. The summed E-state index contributed by atoms with van der Waals surface area (Å²) in [4.78, 5) is 12.5. The van der Waals surface area contributed by atoms with Gasteiger partial charge in [-0.1, -0.05) is 11.8 Å². The highest BCUT2D eigenvalue weighted by atomic mass is 32.2. The second kappa shape index (κ2) is 6.27. The van der Waals surface area contributed by atoms with E-state index in [9.17, 15) is 4.79 Å². The van der Waals surface area contributed by atoms with E-state index in [0.717, 1.165) is 23.9 Å². The van der Waals surface area contributed by atoms with Gasteiger partial charge < -0.3 is 9.47 Å². The minimum absolute atomic E-state index is 0.287. The van der Waals surface area contributed by atoms with Crippen LogP contribution < -0.4 is 14.8 Å². The van der Waals surface area contributed by atoms with Crippen molar-refractivity contribution in [1.82, 2.24) is 14.8 Å². The Morgan fingerprint density at radius 1 is 1.32 bits per heavy atom. The van der Waals surface area contributed by atoms with E-state index >= 15 is 0 Å². The molecular weight excluding hydrogens is 304 g/mol. The molecule has 1 N–H and O–H groups in total. The highest BCUT2D eigenvalue weighted by molar-refractivity contribution is 7.99. The molecule has 1 amide bonds. The normalized spacial score (nSPS) is 13.4. The molecule has 0 saturated carbocycles. The molecule has 3 rings (SSSR count). The second-order valence-electron chi connectivity index (χ2n) is 4.68. The van der Waals surface area contributed by atoms with E-state index in [0.29, 0.717) is 23.0 Å². The first-order valence-electron chi connectivity index (χ1n) is 6.82. The number of carbonyl (C=O) groups excluding carboxylic acids is 1. The second-order valence-corrected chi connectivity index (χ2v) is 5.74. The fourth-order valence-corrected chi connectivity index (χ4v) is 3.12. The SMILES string of the molecule is COc1ccc(C(=O)Nc2nnc3n2CCCS3)c(OC)c1. The number of carbonyl (C=O) groups is 1. The first-order chi connectivity index (χ1) is 10.7. The van der Waals surface area contributed by atoms with Crippen LogP contribution in [0.3, 0.4) is 0 Å². The van der Waals surface area contributed by atoms with E-state index in [1.54, 1.807) is 37.1 Å². The molecule has 7 nitrogen and oxygen atoms in total. The number of thioether (sulfide) groups is 1. The van der Waals surface area contributed by atoms with Crippen molar-refractivity contribution in [3.8, 4) is 11.5 Å². The first kappa shape index (κ1) is 14.7. The maximum absolute atomic E-state index is 12.5. The number of fused-ring (bicyclic) bond motifs is 1. The topological polar surface area (TPSA) is 78.3 Å². The smallest absolute Gasteiger partial charge is 0.261 e. The predicted octanol–water partition coefficient (Wildman–Crippen LogP) is 2.04. The summed E-state index contributed by atoms with van der Waals surface area (Å²) in [5, 5.41) is 11.8. The number of hydrogen-bond donors (Lipinski definition) is 1. The van der Waals surface area contributed by atoms with Gasteiger partial charge in [-0.15, -0.1) is 10.2 Å². The molecule has 8 heteroatoms. The van der Waals surface area contributed by atoms with E-state index in [4.69, 9.17) is 9.47 Å².